The van der Waals surface area contributed by atoms with Gasteiger partial charge in [-0.05, 0) is 18.9 Å². The van der Waals surface area contributed by atoms with Crippen LogP contribution in [0.3, 0.4) is 0 Å². The predicted molar refractivity (Wildman–Crippen MR) is 47.2 cm³/mol. The molecule has 0 bridgehead atoms. The number of ether oxygens (including phenoxy) is 1. The van der Waals surface area contributed by atoms with Gasteiger partial charge in [-0.15, -0.1) is 0 Å². The topological polar surface area (TPSA) is 42.6 Å². The molecule has 1 aromatic heterocycles. The molecule has 0 spiro atoms. The van der Waals surface area contributed by atoms with Crippen molar-refractivity contribution in [3.8, 4) is 0 Å². The van der Waals surface area contributed by atoms with Gasteiger partial charge in [0.15, 0.2) is 0 Å². The fourth-order valence-corrected chi connectivity index (χ4v) is 1.73. The van der Waals surface area contributed by atoms with Crippen molar-refractivity contribution in [2.45, 2.75) is 18.9 Å². The van der Waals surface area contributed by atoms with Gasteiger partial charge in [0.25, 0.3) is 0 Å². The maximum Gasteiger partial charge on any atom is 0.0960 e. The van der Waals surface area contributed by atoms with Gasteiger partial charge in [-0.2, -0.15) is 0 Å². The van der Waals surface area contributed by atoms with Gasteiger partial charge in [0.2, 0.25) is 0 Å². The number of hydrogen-bond donors (Lipinski definition) is 1. The zero-order valence-corrected chi connectivity index (χ0v) is 7.48. The second kappa shape index (κ2) is 3.94. The first-order valence-corrected chi connectivity index (χ1v) is 4.66. The Morgan fingerprint density at radius 3 is 3.08 bits per heavy atom. The van der Waals surface area contributed by atoms with E-state index in [0.29, 0.717) is 6.61 Å². The molecule has 2 rings (SSSR count). The van der Waals surface area contributed by atoms with Crippen LogP contribution in [0.1, 0.15) is 24.5 Å². The number of aliphatic hydroxyl groups is 1. The molecule has 2 unspecified atom stereocenters. The molecule has 2 heterocycles. The molecule has 72 valence electrons. The van der Waals surface area contributed by atoms with Gasteiger partial charge >= 0.3 is 0 Å². The van der Waals surface area contributed by atoms with E-state index in [-0.39, 0.29) is 5.92 Å². The highest BCUT2D eigenvalue weighted by Crippen LogP contribution is 2.28. The fraction of sp³-hybridized carbons (Fsp3) is 0.600. The molecule has 1 aliphatic heterocycles. The minimum absolute atomic E-state index is 0.228. The highest BCUT2D eigenvalue weighted by Gasteiger charge is 2.24. The van der Waals surface area contributed by atoms with Crippen LogP contribution in [0.15, 0.2) is 23.0 Å². The van der Waals surface area contributed by atoms with Crippen molar-refractivity contribution in [2.24, 2.45) is 5.92 Å². The van der Waals surface area contributed by atoms with E-state index in [1.165, 1.54) is 0 Å². The van der Waals surface area contributed by atoms with Crippen molar-refractivity contribution in [1.82, 2.24) is 0 Å². The lowest BCUT2D eigenvalue weighted by atomic mass is 9.92. The summed E-state index contributed by atoms with van der Waals surface area (Å²) in [5.74, 6) is 0.228. The van der Waals surface area contributed by atoms with E-state index in [4.69, 9.17) is 9.15 Å². The van der Waals surface area contributed by atoms with Gasteiger partial charge in [0.05, 0.1) is 25.2 Å². The summed E-state index contributed by atoms with van der Waals surface area (Å²) in [7, 11) is 0. The molecule has 0 amide bonds. The third-order valence-corrected chi connectivity index (χ3v) is 2.53. The van der Waals surface area contributed by atoms with Crippen LogP contribution in [0.4, 0.5) is 0 Å². The Hall–Kier alpha value is -0.800. The number of furan rings is 1. The molecule has 1 aliphatic rings. The van der Waals surface area contributed by atoms with E-state index >= 15 is 0 Å². The molecule has 2 atom stereocenters. The minimum atomic E-state index is -0.431. The molecular weight excluding hydrogens is 168 g/mol. The Labute approximate surface area is 77.3 Å². The normalized spacial score (nSPS) is 25.8. The summed E-state index contributed by atoms with van der Waals surface area (Å²) in [6, 6.07) is 1.80. The Balaban J connectivity index is 1.99. The fourth-order valence-electron chi connectivity index (χ4n) is 1.73. The maximum absolute atomic E-state index is 9.89. The first-order valence-electron chi connectivity index (χ1n) is 4.66. The van der Waals surface area contributed by atoms with Crippen molar-refractivity contribution in [2.75, 3.05) is 13.2 Å². The number of aliphatic hydroxyl groups excluding tert-OH is 1. The van der Waals surface area contributed by atoms with E-state index in [9.17, 15) is 5.11 Å². The first-order chi connectivity index (χ1) is 6.38. The molecule has 3 nitrogen and oxygen atoms in total. The zero-order chi connectivity index (χ0) is 9.10. The van der Waals surface area contributed by atoms with Crippen molar-refractivity contribution in [3.63, 3.8) is 0 Å². The summed E-state index contributed by atoms with van der Waals surface area (Å²) in [5, 5.41) is 9.89. The molecular formula is C10H14O3. The molecule has 1 aromatic rings. The molecule has 1 N–H and O–H groups in total. The van der Waals surface area contributed by atoms with E-state index in [0.717, 1.165) is 25.0 Å². The van der Waals surface area contributed by atoms with E-state index in [1.807, 2.05) is 0 Å². The summed E-state index contributed by atoms with van der Waals surface area (Å²) in [6.07, 6.45) is 4.83. The zero-order valence-electron chi connectivity index (χ0n) is 7.48. The van der Waals surface area contributed by atoms with Crippen molar-refractivity contribution in [1.29, 1.82) is 0 Å². The molecule has 0 saturated carbocycles. The SMILES string of the molecule is OC(c1ccoc1)C1CCCOC1. The molecule has 1 saturated heterocycles. The standard InChI is InChI=1S/C10H14O3/c11-10(9-3-5-13-7-9)8-2-1-4-12-6-8/h3,5,7-8,10-11H,1-2,4,6H2. The van der Waals surface area contributed by atoms with Crippen LogP contribution in [-0.2, 0) is 4.74 Å². The monoisotopic (exact) mass is 182 g/mol. The lowest BCUT2D eigenvalue weighted by Gasteiger charge is -2.25. The van der Waals surface area contributed by atoms with Gasteiger partial charge in [-0.1, -0.05) is 0 Å². The molecule has 1 fully saturated rings. The van der Waals surface area contributed by atoms with Gasteiger partial charge in [0, 0.05) is 18.1 Å². The summed E-state index contributed by atoms with van der Waals surface area (Å²) < 4.78 is 10.2. The second-order valence-corrected chi connectivity index (χ2v) is 3.48. The minimum Gasteiger partial charge on any atom is -0.472 e. The van der Waals surface area contributed by atoms with Crippen LogP contribution < -0.4 is 0 Å². The summed E-state index contributed by atoms with van der Waals surface area (Å²) in [5.41, 5.74) is 0.857. The van der Waals surface area contributed by atoms with Crippen LogP contribution in [0.2, 0.25) is 0 Å². The van der Waals surface area contributed by atoms with Crippen molar-refractivity contribution < 1.29 is 14.3 Å². The number of rotatable bonds is 2. The quantitative estimate of drug-likeness (QED) is 0.757. The van der Waals surface area contributed by atoms with Gasteiger partial charge in [0.1, 0.15) is 0 Å². The van der Waals surface area contributed by atoms with E-state index in [2.05, 4.69) is 0 Å². The Kier molecular flexibility index (Phi) is 2.66. The average Bonchev–Trinajstić information content (AvgIpc) is 2.71. The van der Waals surface area contributed by atoms with Crippen LogP contribution in [0, 0.1) is 5.92 Å². The van der Waals surface area contributed by atoms with Gasteiger partial charge < -0.3 is 14.3 Å². The summed E-state index contributed by atoms with van der Waals surface area (Å²) in [4.78, 5) is 0. The summed E-state index contributed by atoms with van der Waals surface area (Å²) >= 11 is 0. The molecule has 3 heteroatoms. The molecule has 13 heavy (non-hydrogen) atoms. The molecule has 0 aromatic carbocycles. The number of hydrogen-bond acceptors (Lipinski definition) is 3. The van der Waals surface area contributed by atoms with Gasteiger partial charge in [-0.25, -0.2) is 0 Å². The third kappa shape index (κ3) is 1.92. The second-order valence-electron chi connectivity index (χ2n) is 3.48. The van der Waals surface area contributed by atoms with E-state index < -0.39 is 6.10 Å². The molecule has 0 radical (unpaired) electrons. The smallest absolute Gasteiger partial charge is 0.0960 e. The molecule has 0 aliphatic carbocycles. The lowest BCUT2D eigenvalue weighted by molar-refractivity contribution is -0.0101. The van der Waals surface area contributed by atoms with Crippen LogP contribution in [0.25, 0.3) is 0 Å². The Morgan fingerprint density at radius 2 is 2.46 bits per heavy atom. The Bertz CT molecular complexity index is 237. The highest BCUT2D eigenvalue weighted by atomic mass is 16.5. The maximum atomic E-state index is 9.89. The summed E-state index contributed by atoms with van der Waals surface area (Å²) in [6.45, 7) is 1.49. The third-order valence-electron chi connectivity index (χ3n) is 2.53. The lowest BCUT2D eigenvalue weighted by Crippen LogP contribution is -2.23. The van der Waals surface area contributed by atoms with Crippen LogP contribution in [0.5, 0.6) is 0 Å². The van der Waals surface area contributed by atoms with E-state index in [1.54, 1.807) is 18.6 Å². The average molecular weight is 182 g/mol. The first kappa shape index (κ1) is 8.78. The van der Waals surface area contributed by atoms with Crippen molar-refractivity contribution in [3.05, 3.63) is 24.2 Å². The largest absolute Gasteiger partial charge is 0.472 e. The van der Waals surface area contributed by atoms with Gasteiger partial charge in [-0.3, -0.25) is 0 Å². The van der Waals surface area contributed by atoms with Crippen LogP contribution >= 0.6 is 0 Å². The van der Waals surface area contributed by atoms with Crippen molar-refractivity contribution >= 4 is 0 Å². The Morgan fingerprint density at radius 1 is 1.54 bits per heavy atom. The predicted octanol–water partition coefficient (Wildman–Crippen LogP) is 1.74. The van der Waals surface area contributed by atoms with Crippen LogP contribution in [-0.4, -0.2) is 18.3 Å². The highest BCUT2D eigenvalue weighted by molar-refractivity contribution is 5.10.